The lowest BCUT2D eigenvalue weighted by Gasteiger charge is -2.33. The van der Waals surface area contributed by atoms with Crippen molar-refractivity contribution in [3.63, 3.8) is 0 Å². The third-order valence-corrected chi connectivity index (χ3v) is 7.80. The number of aliphatic hydroxyl groups is 1. The number of benzene rings is 1. The van der Waals surface area contributed by atoms with Gasteiger partial charge in [0.15, 0.2) is 0 Å². The van der Waals surface area contributed by atoms with E-state index in [0.29, 0.717) is 24.2 Å². The minimum Gasteiger partial charge on any atom is -0.394 e. The van der Waals surface area contributed by atoms with Crippen LogP contribution in [0.4, 0.5) is 8.78 Å². The summed E-state index contributed by atoms with van der Waals surface area (Å²) < 4.78 is 31.7. The molecule has 5 nitrogen and oxygen atoms in total. The summed E-state index contributed by atoms with van der Waals surface area (Å²) in [4.78, 5) is 15.3. The fraction of sp³-hybridized carbons (Fsp3) is 0.333. The van der Waals surface area contributed by atoms with Crippen LogP contribution in [0.15, 0.2) is 49.2 Å². The second-order valence-electron chi connectivity index (χ2n) is 8.28. The first-order valence-corrected chi connectivity index (χ1v) is 12.4. The molecule has 3 aromatic rings. The van der Waals surface area contributed by atoms with Crippen molar-refractivity contribution in [3.05, 3.63) is 73.8 Å². The molecule has 1 aromatic carbocycles. The molecule has 0 spiro atoms. The van der Waals surface area contributed by atoms with Crippen molar-refractivity contribution in [1.29, 1.82) is 0 Å². The predicted octanol–water partition coefficient (Wildman–Crippen LogP) is 5.54. The summed E-state index contributed by atoms with van der Waals surface area (Å²) in [7, 11) is 0. The molecule has 0 radical (unpaired) electrons. The molecule has 1 N–H and O–H groups in total. The fourth-order valence-corrected chi connectivity index (χ4v) is 6.31. The molecule has 2 atom stereocenters. The average molecular weight is 583 g/mol. The molecular weight excluding hydrogens is 559 g/mol. The van der Waals surface area contributed by atoms with E-state index < -0.39 is 12.0 Å². The molecule has 0 aliphatic carbocycles. The van der Waals surface area contributed by atoms with Gasteiger partial charge in [-0.25, -0.2) is 0 Å². The van der Waals surface area contributed by atoms with Gasteiger partial charge in [0.2, 0.25) is 5.91 Å². The molecule has 1 aliphatic rings. The lowest BCUT2D eigenvalue weighted by atomic mass is 9.83. The van der Waals surface area contributed by atoms with Gasteiger partial charge in [0.1, 0.15) is 5.69 Å². The van der Waals surface area contributed by atoms with Gasteiger partial charge in [-0.2, -0.15) is 13.9 Å². The van der Waals surface area contributed by atoms with Crippen LogP contribution in [0.25, 0.3) is 11.1 Å². The lowest BCUT2D eigenvalue weighted by molar-refractivity contribution is -0.127. The summed E-state index contributed by atoms with van der Waals surface area (Å²) in [6, 6.07) is 9.13. The van der Waals surface area contributed by atoms with E-state index in [1.807, 2.05) is 24.3 Å². The molecule has 33 heavy (non-hydrogen) atoms. The van der Waals surface area contributed by atoms with Crippen LogP contribution >= 0.6 is 33.9 Å². The van der Waals surface area contributed by atoms with Crippen LogP contribution in [-0.4, -0.2) is 38.8 Å². The zero-order valence-corrected chi connectivity index (χ0v) is 21.2. The average Bonchev–Trinajstić information content (AvgIpc) is 3.40. The van der Waals surface area contributed by atoms with E-state index >= 15 is 0 Å². The maximum Gasteiger partial charge on any atom is 0.289 e. The van der Waals surface area contributed by atoms with E-state index in [4.69, 9.17) is 0 Å². The van der Waals surface area contributed by atoms with Crippen molar-refractivity contribution < 1.29 is 18.7 Å². The number of rotatable bonds is 6. The Morgan fingerprint density at radius 1 is 1.39 bits per heavy atom. The Bertz CT molecular complexity index is 1200. The van der Waals surface area contributed by atoms with Crippen molar-refractivity contribution in [1.82, 2.24) is 14.7 Å². The molecule has 0 fully saturated rings. The van der Waals surface area contributed by atoms with Crippen molar-refractivity contribution >= 4 is 39.8 Å². The van der Waals surface area contributed by atoms with Crippen molar-refractivity contribution in [2.24, 2.45) is 0 Å². The number of alkyl halides is 2. The maximum absolute atomic E-state index is 14.6. The quantitative estimate of drug-likeness (QED) is 0.306. The van der Waals surface area contributed by atoms with Gasteiger partial charge in [-0.1, -0.05) is 30.8 Å². The molecule has 1 unspecified atom stereocenters. The van der Waals surface area contributed by atoms with Gasteiger partial charge < -0.3 is 10.0 Å². The number of aliphatic hydroxyl groups excluding tert-OH is 1. The van der Waals surface area contributed by atoms with Gasteiger partial charge in [-0.05, 0) is 58.3 Å². The number of hydrogen-bond acceptors (Lipinski definition) is 4. The molecule has 4 rings (SSSR count). The van der Waals surface area contributed by atoms with E-state index in [2.05, 4.69) is 40.3 Å². The van der Waals surface area contributed by atoms with Crippen molar-refractivity contribution in [3.8, 4) is 11.1 Å². The molecule has 0 saturated heterocycles. The van der Waals surface area contributed by atoms with Gasteiger partial charge in [0.25, 0.3) is 5.92 Å². The van der Waals surface area contributed by atoms with Gasteiger partial charge in [0.05, 0.1) is 22.1 Å². The Morgan fingerprint density at radius 2 is 2.12 bits per heavy atom. The lowest BCUT2D eigenvalue weighted by Crippen LogP contribution is -2.37. The van der Waals surface area contributed by atoms with Crippen LogP contribution < -0.4 is 0 Å². The summed E-state index contributed by atoms with van der Waals surface area (Å²) in [5.74, 6) is -3.49. The van der Waals surface area contributed by atoms with E-state index in [1.165, 1.54) is 10.8 Å². The third kappa shape index (κ3) is 4.63. The summed E-state index contributed by atoms with van der Waals surface area (Å²) >= 11 is 3.91. The van der Waals surface area contributed by atoms with Crippen LogP contribution in [-0.2, 0) is 17.3 Å². The predicted molar refractivity (Wildman–Crippen MR) is 134 cm³/mol. The second-order valence-corrected chi connectivity index (χ2v) is 11.3. The van der Waals surface area contributed by atoms with Crippen molar-refractivity contribution in [2.45, 2.75) is 38.3 Å². The van der Waals surface area contributed by atoms with Crippen molar-refractivity contribution in [2.75, 3.05) is 13.2 Å². The fourth-order valence-electron chi connectivity index (χ4n) is 4.22. The number of carbonyl (C=O) groups excluding carboxylic acids is 1. The zero-order valence-electron chi connectivity index (χ0n) is 18.3. The Balaban J connectivity index is 1.89. The molecule has 9 heteroatoms. The SMILES string of the molecule is C=CC(=O)N1Cc2sc(I)cc2[C@H](c2ccccc2-c2cn(C(C)CO)nc2C(C)(F)F)C1. The monoisotopic (exact) mass is 583 g/mol. The summed E-state index contributed by atoms with van der Waals surface area (Å²) in [5, 5.41) is 13.7. The molecule has 0 bridgehead atoms. The highest BCUT2D eigenvalue weighted by Crippen LogP contribution is 2.44. The van der Waals surface area contributed by atoms with E-state index in [0.717, 1.165) is 25.8 Å². The Morgan fingerprint density at radius 3 is 2.79 bits per heavy atom. The Labute approximate surface area is 208 Å². The molecule has 2 aromatic heterocycles. The molecular formula is C24H24F2IN3O2S. The molecule has 1 amide bonds. The maximum atomic E-state index is 14.6. The molecule has 1 aliphatic heterocycles. The van der Waals surface area contributed by atoms with Gasteiger partial charge in [-0.3, -0.25) is 9.48 Å². The van der Waals surface area contributed by atoms with Crippen LogP contribution in [0.5, 0.6) is 0 Å². The number of thiophene rings is 1. The second kappa shape index (κ2) is 9.27. The highest BCUT2D eigenvalue weighted by Gasteiger charge is 2.36. The van der Waals surface area contributed by atoms with Crippen LogP contribution in [0.3, 0.4) is 0 Å². The number of hydrogen-bond donors (Lipinski definition) is 1. The molecule has 0 saturated carbocycles. The minimum atomic E-state index is -3.16. The topological polar surface area (TPSA) is 58.4 Å². The largest absolute Gasteiger partial charge is 0.394 e. The first-order valence-electron chi connectivity index (χ1n) is 10.5. The summed E-state index contributed by atoms with van der Waals surface area (Å²) in [6.45, 7) is 6.91. The zero-order chi connectivity index (χ0) is 23.9. The smallest absolute Gasteiger partial charge is 0.289 e. The standard InChI is InChI=1S/C24H24F2IN3O2S/c1-4-22(32)29-10-18(17-9-21(27)33-20(17)12-29)15-7-5-6-8-16(15)19-11-30(14(2)13-31)28-23(19)24(3,25)26/h4-9,11,14,18,31H,1,10,12-13H2,2-3H3/t14?,18-/m0/s1. The van der Waals surface area contributed by atoms with E-state index in [1.54, 1.807) is 29.4 Å². The molecule has 3 heterocycles. The number of amides is 1. The van der Waals surface area contributed by atoms with Crippen LogP contribution in [0.2, 0.25) is 0 Å². The Hall–Kier alpha value is -2.11. The van der Waals surface area contributed by atoms with E-state index in [9.17, 15) is 18.7 Å². The number of nitrogens with zero attached hydrogens (tertiary/aromatic N) is 3. The minimum absolute atomic E-state index is 0.156. The summed E-state index contributed by atoms with van der Waals surface area (Å²) in [6.07, 6.45) is 2.89. The first-order chi connectivity index (χ1) is 15.6. The molecule has 174 valence electrons. The normalized spacial score (nSPS) is 17.0. The first kappa shape index (κ1) is 24.0. The number of aromatic nitrogens is 2. The van der Waals surface area contributed by atoms with Crippen LogP contribution in [0.1, 0.15) is 47.5 Å². The number of halogens is 3. The van der Waals surface area contributed by atoms with Gasteiger partial charge >= 0.3 is 0 Å². The number of carbonyl (C=O) groups is 1. The third-order valence-electron chi connectivity index (χ3n) is 5.90. The van der Waals surface area contributed by atoms with Gasteiger partial charge in [-0.15, -0.1) is 11.3 Å². The van der Waals surface area contributed by atoms with E-state index in [-0.39, 0.29) is 24.1 Å². The number of fused-ring (bicyclic) bond motifs is 1. The summed E-state index contributed by atoms with van der Waals surface area (Å²) in [5.41, 5.74) is 2.62. The van der Waals surface area contributed by atoms with Crippen LogP contribution in [0, 0.1) is 2.88 Å². The highest BCUT2D eigenvalue weighted by molar-refractivity contribution is 14.1. The Kier molecular flexibility index (Phi) is 6.75. The highest BCUT2D eigenvalue weighted by atomic mass is 127. The van der Waals surface area contributed by atoms with Gasteiger partial charge in [0, 0.05) is 36.0 Å².